The van der Waals surface area contributed by atoms with Crippen LogP contribution < -0.4 is 10.1 Å². The molecule has 1 aromatic carbocycles. The van der Waals surface area contributed by atoms with Crippen molar-refractivity contribution < 1.29 is 24.4 Å². The van der Waals surface area contributed by atoms with Crippen LogP contribution in [0.3, 0.4) is 0 Å². The average Bonchev–Trinajstić information content (AvgIpc) is 2.50. The first-order valence-electron chi connectivity index (χ1n) is 6.70. The number of carbonyl (C=O) groups excluding carboxylic acids is 1. The van der Waals surface area contributed by atoms with E-state index < -0.39 is 16.8 Å². The van der Waals surface area contributed by atoms with Crippen LogP contribution in [0, 0.1) is 16.0 Å². The lowest BCUT2D eigenvalue weighted by atomic mass is 10.1. The lowest BCUT2D eigenvalue weighted by molar-refractivity contribution is -0.385. The molecule has 1 aromatic rings. The molecule has 0 heterocycles. The molecule has 0 aliphatic carbocycles. The Morgan fingerprint density at radius 2 is 2.13 bits per heavy atom. The van der Waals surface area contributed by atoms with Crippen molar-refractivity contribution >= 4 is 29.3 Å². The van der Waals surface area contributed by atoms with Gasteiger partial charge in [0.15, 0.2) is 0 Å². The van der Waals surface area contributed by atoms with E-state index in [1.807, 2.05) is 0 Å². The highest BCUT2D eigenvalue weighted by molar-refractivity contribution is 7.98. The third kappa shape index (κ3) is 5.13. The van der Waals surface area contributed by atoms with E-state index in [-0.39, 0.29) is 30.1 Å². The fraction of sp³-hybridized carbons (Fsp3) is 0.429. The first kappa shape index (κ1) is 18.8. The van der Waals surface area contributed by atoms with Crippen LogP contribution in [0.15, 0.2) is 17.0 Å². The molecule has 9 heteroatoms. The van der Waals surface area contributed by atoms with E-state index in [0.29, 0.717) is 10.6 Å². The largest absolute Gasteiger partial charge is 0.495 e. The van der Waals surface area contributed by atoms with Crippen LogP contribution in [0.5, 0.6) is 5.75 Å². The quantitative estimate of drug-likeness (QED) is 0.422. The highest BCUT2D eigenvalue weighted by Crippen LogP contribution is 2.34. The number of carbonyl (C=O) groups is 2. The van der Waals surface area contributed by atoms with E-state index in [9.17, 15) is 19.7 Å². The number of benzene rings is 1. The summed E-state index contributed by atoms with van der Waals surface area (Å²) >= 11 is 1.30. The Morgan fingerprint density at radius 3 is 2.61 bits per heavy atom. The maximum Gasteiger partial charge on any atom is 0.303 e. The van der Waals surface area contributed by atoms with Gasteiger partial charge in [-0.2, -0.15) is 0 Å². The summed E-state index contributed by atoms with van der Waals surface area (Å²) in [5.74, 6) is -1.55. The first-order valence-corrected chi connectivity index (χ1v) is 7.93. The van der Waals surface area contributed by atoms with Crippen LogP contribution in [-0.4, -0.2) is 41.8 Å². The minimum Gasteiger partial charge on any atom is -0.495 e. The molecule has 0 aromatic heterocycles. The van der Waals surface area contributed by atoms with Crippen LogP contribution in [0.2, 0.25) is 0 Å². The van der Waals surface area contributed by atoms with Gasteiger partial charge in [-0.05, 0) is 18.2 Å². The maximum absolute atomic E-state index is 12.2. The number of nitro benzene ring substituents is 1. The summed E-state index contributed by atoms with van der Waals surface area (Å²) < 4.78 is 5.08. The van der Waals surface area contributed by atoms with Gasteiger partial charge in [0.1, 0.15) is 11.3 Å². The van der Waals surface area contributed by atoms with Crippen molar-refractivity contribution in [3.63, 3.8) is 0 Å². The van der Waals surface area contributed by atoms with Gasteiger partial charge in [0, 0.05) is 13.0 Å². The molecule has 0 fully saturated rings. The molecule has 1 unspecified atom stereocenters. The van der Waals surface area contributed by atoms with E-state index >= 15 is 0 Å². The number of carboxylic acid groups (broad SMARTS) is 1. The molecular formula is C14H18N2O6S. The van der Waals surface area contributed by atoms with Crippen LogP contribution in [0.4, 0.5) is 5.69 Å². The van der Waals surface area contributed by atoms with Crippen molar-refractivity contribution in [1.29, 1.82) is 0 Å². The van der Waals surface area contributed by atoms with E-state index in [1.54, 1.807) is 13.2 Å². The van der Waals surface area contributed by atoms with Gasteiger partial charge in [0.25, 0.3) is 11.6 Å². The summed E-state index contributed by atoms with van der Waals surface area (Å²) in [7, 11) is 1.39. The predicted molar refractivity (Wildman–Crippen MR) is 85.2 cm³/mol. The minimum atomic E-state index is -0.966. The zero-order valence-electron chi connectivity index (χ0n) is 13.0. The second kappa shape index (κ2) is 8.37. The van der Waals surface area contributed by atoms with Gasteiger partial charge in [-0.3, -0.25) is 19.7 Å². The van der Waals surface area contributed by atoms with Crippen LogP contribution in [0.1, 0.15) is 23.7 Å². The lowest BCUT2D eigenvalue weighted by Gasteiger charge is -2.12. The Labute approximate surface area is 137 Å². The molecule has 0 aliphatic rings. The predicted octanol–water partition coefficient (Wildman–Crippen LogP) is 2.17. The third-order valence-electron chi connectivity index (χ3n) is 3.08. The van der Waals surface area contributed by atoms with Crippen molar-refractivity contribution in [2.45, 2.75) is 18.2 Å². The van der Waals surface area contributed by atoms with Crippen LogP contribution in [0.25, 0.3) is 0 Å². The Morgan fingerprint density at radius 1 is 1.48 bits per heavy atom. The van der Waals surface area contributed by atoms with Gasteiger partial charge in [-0.15, -0.1) is 11.8 Å². The van der Waals surface area contributed by atoms with E-state index in [4.69, 9.17) is 9.84 Å². The number of carboxylic acids is 1. The highest BCUT2D eigenvalue weighted by atomic mass is 32.2. The van der Waals surface area contributed by atoms with Crippen molar-refractivity contribution in [2.75, 3.05) is 19.9 Å². The number of hydrogen-bond donors (Lipinski definition) is 2. The Bertz CT molecular complexity index is 620. The normalized spacial score (nSPS) is 11.6. The number of hydrogen-bond acceptors (Lipinski definition) is 6. The fourth-order valence-corrected chi connectivity index (χ4v) is 2.51. The van der Waals surface area contributed by atoms with E-state index in [0.717, 1.165) is 0 Å². The molecule has 1 atom stereocenters. The second-order valence-electron chi connectivity index (χ2n) is 4.89. The SMILES string of the molecule is COc1cc([N+](=O)[O-])c(C(=O)NCC(C)CC(=O)O)cc1SC. The minimum absolute atomic E-state index is 0.0809. The highest BCUT2D eigenvalue weighted by Gasteiger charge is 2.24. The molecule has 1 rings (SSSR count). The third-order valence-corrected chi connectivity index (χ3v) is 3.84. The number of nitrogens with one attached hydrogen (secondary N) is 1. The Hall–Kier alpha value is -2.29. The molecule has 126 valence electrons. The van der Waals surface area contributed by atoms with E-state index in [1.165, 1.54) is 31.0 Å². The Balaban J connectivity index is 3.02. The molecular weight excluding hydrogens is 324 g/mol. The van der Waals surface area contributed by atoms with Gasteiger partial charge in [0.05, 0.1) is 23.0 Å². The van der Waals surface area contributed by atoms with Gasteiger partial charge in [0.2, 0.25) is 0 Å². The topological polar surface area (TPSA) is 119 Å². The summed E-state index contributed by atoms with van der Waals surface area (Å²) in [6, 6.07) is 2.61. The Kier molecular flexibility index (Phi) is 6.83. The standard InChI is InChI=1S/C14H18N2O6S/c1-8(4-13(17)18)7-15-14(19)9-5-12(23-3)11(22-2)6-10(9)16(20)21/h5-6,8H,4,7H2,1-3H3,(H,15,19)(H,17,18). The number of aliphatic carboxylic acids is 1. The number of methoxy groups -OCH3 is 1. The second-order valence-corrected chi connectivity index (χ2v) is 5.74. The molecule has 0 saturated heterocycles. The number of amides is 1. The zero-order chi connectivity index (χ0) is 17.6. The molecule has 23 heavy (non-hydrogen) atoms. The summed E-state index contributed by atoms with van der Waals surface area (Å²) in [6.45, 7) is 1.78. The number of rotatable bonds is 8. The molecule has 0 aliphatic heterocycles. The summed E-state index contributed by atoms with van der Waals surface area (Å²) in [6.07, 6.45) is 1.67. The number of ether oxygens (including phenoxy) is 1. The van der Waals surface area contributed by atoms with Crippen LogP contribution in [-0.2, 0) is 4.79 Å². The molecule has 0 spiro atoms. The van der Waals surface area contributed by atoms with Crippen molar-refractivity contribution in [3.8, 4) is 5.75 Å². The van der Waals surface area contributed by atoms with Crippen molar-refractivity contribution in [1.82, 2.24) is 5.32 Å². The molecule has 0 bridgehead atoms. The number of thioether (sulfide) groups is 1. The zero-order valence-corrected chi connectivity index (χ0v) is 13.8. The summed E-state index contributed by atoms with van der Waals surface area (Å²) in [5.41, 5.74) is -0.439. The van der Waals surface area contributed by atoms with Crippen molar-refractivity contribution in [3.05, 3.63) is 27.8 Å². The summed E-state index contributed by atoms with van der Waals surface area (Å²) in [5, 5.41) is 22.4. The fourth-order valence-electron chi connectivity index (χ4n) is 1.93. The molecule has 1 amide bonds. The number of nitrogens with zero attached hydrogens (tertiary/aromatic N) is 1. The molecule has 2 N–H and O–H groups in total. The van der Waals surface area contributed by atoms with Crippen molar-refractivity contribution in [2.24, 2.45) is 5.92 Å². The molecule has 8 nitrogen and oxygen atoms in total. The van der Waals surface area contributed by atoms with Gasteiger partial charge >= 0.3 is 5.97 Å². The van der Waals surface area contributed by atoms with Gasteiger partial charge < -0.3 is 15.2 Å². The van der Waals surface area contributed by atoms with Gasteiger partial charge in [-0.25, -0.2) is 0 Å². The number of nitro groups is 1. The maximum atomic E-state index is 12.2. The van der Waals surface area contributed by atoms with Gasteiger partial charge in [-0.1, -0.05) is 6.92 Å². The smallest absolute Gasteiger partial charge is 0.303 e. The molecule has 0 saturated carbocycles. The monoisotopic (exact) mass is 342 g/mol. The lowest BCUT2D eigenvalue weighted by Crippen LogP contribution is -2.29. The first-order chi connectivity index (χ1) is 10.8. The molecule has 0 radical (unpaired) electrons. The van der Waals surface area contributed by atoms with Crippen LogP contribution >= 0.6 is 11.8 Å². The van der Waals surface area contributed by atoms with E-state index in [2.05, 4.69) is 5.32 Å². The summed E-state index contributed by atoms with van der Waals surface area (Å²) in [4.78, 5) is 33.9. The average molecular weight is 342 g/mol.